The lowest BCUT2D eigenvalue weighted by atomic mass is 10.0. The van der Waals surface area contributed by atoms with Gasteiger partial charge in [0, 0.05) is 12.6 Å². The van der Waals surface area contributed by atoms with Crippen molar-refractivity contribution in [3.8, 4) is 0 Å². The maximum absolute atomic E-state index is 10.6. The fourth-order valence-electron chi connectivity index (χ4n) is 4.30. The molecule has 0 saturated heterocycles. The Morgan fingerprint density at radius 1 is 0.684 bits per heavy atom. The standard InChI is InChI=1S/C21H40N2.C9H6O6/c1-3-4-5-6-7-8-9-10-11-12-13-14-15-16-17-18-21-22-19-20(2)23-21;10-7(11)4-1-2-5(8(12)13)6(3-4)9(14)15/h19H,3-18H2,1-2H3,(H,22,23);1-3H,(H,10,11)(H,12,13)(H,14,15). The van der Waals surface area contributed by atoms with E-state index in [1.165, 1.54) is 96.3 Å². The molecule has 1 aromatic heterocycles. The van der Waals surface area contributed by atoms with Crippen LogP contribution in [0, 0.1) is 6.92 Å². The molecule has 2 aromatic rings. The molecule has 0 bridgehead atoms. The molecule has 0 aliphatic rings. The summed E-state index contributed by atoms with van der Waals surface area (Å²) < 4.78 is 0. The van der Waals surface area contributed by atoms with E-state index in [4.69, 9.17) is 15.3 Å². The van der Waals surface area contributed by atoms with Gasteiger partial charge in [-0.3, -0.25) is 0 Å². The molecule has 1 aromatic carbocycles. The molecule has 0 unspecified atom stereocenters. The Balaban J connectivity index is 0.000000415. The molecule has 1 heterocycles. The van der Waals surface area contributed by atoms with Gasteiger partial charge in [0.05, 0.1) is 22.4 Å². The summed E-state index contributed by atoms with van der Waals surface area (Å²) in [6.45, 7) is 4.34. The van der Waals surface area contributed by atoms with Gasteiger partial charge in [0.1, 0.15) is 5.82 Å². The van der Waals surface area contributed by atoms with E-state index in [-0.39, 0.29) is 5.56 Å². The minimum absolute atomic E-state index is 0.266. The Hall–Kier alpha value is -3.16. The van der Waals surface area contributed by atoms with Crippen molar-refractivity contribution in [3.63, 3.8) is 0 Å². The van der Waals surface area contributed by atoms with Crippen LogP contribution in [0.25, 0.3) is 0 Å². The van der Waals surface area contributed by atoms with Crippen molar-refractivity contribution >= 4 is 17.9 Å². The number of hydrogen-bond acceptors (Lipinski definition) is 4. The molecule has 0 amide bonds. The zero-order valence-electron chi connectivity index (χ0n) is 23.1. The van der Waals surface area contributed by atoms with Crippen molar-refractivity contribution < 1.29 is 29.7 Å². The van der Waals surface area contributed by atoms with E-state index < -0.39 is 29.0 Å². The predicted molar refractivity (Wildman–Crippen MR) is 149 cm³/mol. The van der Waals surface area contributed by atoms with E-state index >= 15 is 0 Å². The molecule has 212 valence electrons. The van der Waals surface area contributed by atoms with Gasteiger partial charge in [-0.1, -0.05) is 96.8 Å². The number of nitrogens with one attached hydrogen (secondary N) is 1. The minimum Gasteiger partial charge on any atom is -0.478 e. The molecule has 38 heavy (non-hydrogen) atoms. The Labute approximate surface area is 226 Å². The minimum atomic E-state index is -1.48. The molecule has 0 atom stereocenters. The quantitative estimate of drug-likeness (QED) is 0.135. The van der Waals surface area contributed by atoms with E-state index in [0.29, 0.717) is 0 Å². The summed E-state index contributed by atoms with van der Waals surface area (Å²) in [4.78, 5) is 39.5. The highest BCUT2D eigenvalue weighted by molar-refractivity contribution is 6.03. The number of unbranched alkanes of at least 4 members (excludes halogenated alkanes) is 14. The molecule has 4 N–H and O–H groups in total. The molecular weight excluding hydrogens is 484 g/mol. The van der Waals surface area contributed by atoms with Gasteiger partial charge in [-0.2, -0.15) is 0 Å². The normalized spacial score (nSPS) is 10.6. The maximum Gasteiger partial charge on any atom is 0.336 e. The lowest BCUT2D eigenvalue weighted by Gasteiger charge is -2.03. The van der Waals surface area contributed by atoms with E-state index in [1.807, 2.05) is 13.1 Å². The Kier molecular flexibility index (Phi) is 17.2. The maximum atomic E-state index is 10.6. The van der Waals surface area contributed by atoms with Gasteiger partial charge in [-0.15, -0.1) is 0 Å². The fourth-order valence-corrected chi connectivity index (χ4v) is 4.30. The monoisotopic (exact) mass is 530 g/mol. The van der Waals surface area contributed by atoms with Gasteiger partial charge in [0.15, 0.2) is 0 Å². The zero-order valence-corrected chi connectivity index (χ0v) is 23.1. The van der Waals surface area contributed by atoms with Gasteiger partial charge in [-0.05, 0) is 31.5 Å². The molecule has 0 aliphatic heterocycles. The largest absolute Gasteiger partial charge is 0.478 e. The first-order chi connectivity index (χ1) is 18.3. The number of carboxylic acid groups (broad SMARTS) is 3. The molecule has 0 saturated carbocycles. The molecule has 2 rings (SSSR count). The number of aryl methyl sites for hydroxylation is 2. The second kappa shape index (κ2) is 19.9. The molecule has 0 radical (unpaired) electrons. The number of benzene rings is 1. The van der Waals surface area contributed by atoms with Crippen LogP contribution in [-0.2, 0) is 6.42 Å². The van der Waals surface area contributed by atoms with Crippen molar-refractivity contribution in [1.82, 2.24) is 9.97 Å². The first-order valence-electron chi connectivity index (χ1n) is 14.1. The van der Waals surface area contributed by atoms with E-state index in [1.54, 1.807) is 0 Å². The van der Waals surface area contributed by atoms with Gasteiger partial charge >= 0.3 is 17.9 Å². The molecular formula is C30H46N2O6. The number of carboxylic acids is 3. The van der Waals surface area contributed by atoms with Crippen molar-refractivity contribution in [2.75, 3.05) is 0 Å². The van der Waals surface area contributed by atoms with Gasteiger partial charge < -0.3 is 20.3 Å². The predicted octanol–water partition coefficient (Wildman–Crippen LogP) is 7.91. The van der Waals surface area contributed by atoms with Crippen LogP contribution >= 0.6 is 0 Å². The number of H-pyrrole nitrogens is 1. The number of aromatic amines is 1. The van der Waals surface area contributed by atoms with E-state index in [2.05, 4.69) is 16.9 Å². The van der Waals surface area contributed by atoms with Crippen LogP contribution in [-0.4, -0.2) is 43.2 Å². The van der Waals surface area contributed by atoms with Crippen molar-refractivity contribution in [3.05, 3.63) is 52.6 Å². The summed E-state index contributed by atoms with van der Waals surface area (Å²) in [5, 5.41) is 25.9. The van der Waals surface area contributed by atoms with Crippen LogP contribution in [0.4, 0.5) is 0 Å². The lowest BCUT2D eigenvalue weighted by molar-refractivity contribution is 0.0649. The summed E-state index contributed by atoms with van der Waals surface area (Å²) >= 11 is 0. The van der Waals surface area contributed by atoms with Crippen LogP contribution in [0.3, 0.4) is 0 Å². The van der Waals surface area contributed by atoms with E-state index in [9.17, 15) is 14.4 Å². The summed E-state index contributed by atoms with van der Waals surface area (Å²) in [6, 6.07) is 2.81. The number of imidazole rings is 1. The smallest absolute Gasteiger partial charge is 0.336 e. The van der Waals surface area contributed by atoms with Gasteiger partial charge in [-0.25, -0.2) is 19.4 Å². The average Bonchev–Trinajstić information content (AvgIpc) is 3.31. The van der Waals surface area contributed by atoms with Crippen LogP contribution in [0.15, 0.2) is 24.4 Å². The highest BCUT2D eigenvalue weighted by Crippen LogP contribution is 2.14. The van der Waals surface area contributed by atoms with Gasteiger partial charge in [0.2, 0.25) is 0 Å². The summed E-state index contributed by atoms with van der Waals surface area (Å²) in [7, 11) is 0. The second-order valence-corrected chi connectivity index (χ2v) is 9.86. The number of aromatic carboxylic acids is 3. The van der Waals surface area contributed by atoms with Gasteiger partial charge in [0.25, 0.3) is 0 Å². The third kappa shape index (κ3) is 14.5. The highest BCUT2D eigenvalue weighted by atomic mass is 16.4. The number of carbonyl (C=O) groups is 3. The Bertz CT molecular complexity index is 969. The molecule has 0 fully saturated rings. The second-order valence-electron chi connectivity index (χ2n) is 9.86. The topological polar surface area (TPSA) is 141 Å². The summed E-state index contributed by atoms with van der Waals surface area (Å²) in [5.74, 6) is -3.04. The zero-order chi connectivity index (χ0) is 28.2. The Morgan fingerprint density at radius 2 is 1.16 bits per heavy atom. The number of nitrogens with zero attached hydrogens (tertiary/aromatic N) is 1. The Morgan fingerprint density at radius 3 is 1.55 bits per heavy atom. The first kappa shape index (κ1) is 32.9. The number of aromatic nitrogens is 2. The van der Waals surface area contributed by atoms with Crippen LogP contribution < -0.4 is 0 Å². The molecule has 8 heteroatoms. The highest BCUT2D eigenvalue weighted by Gasteiger charge is 2.18. The first-order valence-corrected chi connectivity index (χ1v) is 14.1. The molecule has 0 spiro atoms. The van der Waals surface area contributed by atoms with Crippen molar-refractivity contribution in [2.45, 2.75) is 117 Å². The van der Waals surface area contributed by atoms with Crippen LogP contribution in [0.1, 0.15) is 146 Å². The molecule has 0 aliphatic carbocycles. The van der Waals surface area contributed by atoms with Crippen molar-refractivity contribution in [2.24, 2.45) is 0 Å². The third-order valence-corrected chi connectivity index (χ3v) is 6.50. The number of rotatable bonds is 19. The third-order valence-electron chi connectivity index (χ3n) is 6.50. The lowest BCUT2D eigenvalue weighted by Crippen LogP contribution is -2.10. The fraction of sp³-hybridized carbons (Fsp3) is 0.600. The van der Waals surface area contributed by atoms with Crippen molar-refractivity contribution in [1.29, 1.82) is 0 Å². The average molecular weight is 531 g/mol. The molecule has 8 nitrogen and oxygen atoms in total. The van der Waals surface area contributed by atoms with E-state index in [0.717, 1.165) is 36.1 Å². The van der Waals surface area contributed by atoms with Crippen LogP contribution in [0.2, 0.25) is 0 Å². The van der Waals surface area contributed by atoms with Crippen LogP contribution in [0.5, 0.6) is 0 Å². The number of hydrogen-bond donors (Lipinski definition) is 4. The summed E-state index contributed by atoms with van der Waals surface area (Å²) in [6.07, 6.45) is 24.5. The summed E-state index contributed by atoms with van der Waals surface area (Å²) in [5.41, 5.74) is -0.131. The SMILES string of the molecule is CCCCCCCCCCCCCCCCCc1nc(C)c[nH]1.O=C(O)c1ccc(C(=O)O)c(C(=O)O)c1.